The summed E-state index contributed by atoms with van der Waals surface area (Å²) in [4.78, 5) is 18.7. The van der Waals surface area contributed by atoms with Gasteiger partial charge in [0.05, 0.1) is 24.6 Å². The minimum atomic E-state index is -1.06. The van der Waals surface area contributed by atoms with Crippen molar-refractivity contribution in [3.63, 3.8) is 0 Å². The van der Waals surface area contributed by atoms with Crippen molar-refractivity contribution in [2.24, 2.45) is 0 Å². The Balaban J connectivity index is 2.33. The van der Waals surface area contributed by atoms with Crippen LogP contribution in [-0.4, -0.2) is 35.2 Å². The largest absolute Gasteiger partial charge is 0.495 e. The molecule has 0 fully saturated rings. The van der Waals surface area contributed by atoms with Crippen LogP contribution in [0.2, 0.25) is 0 Å². The highest BCUT2D eigenvalue weighted by atomic mass is 19.1. The lowest BCUT2D eigenvalue weighted by molar-refractivity contribution is 0.0696. The van der Waals surface area contributed by atoms with E-state index in [1.54, 1.807) is 0 Å². The fourth-order valence-corrected chi connectivity index (χ4v) is 1.65. The molecule has 0 unspecified atom stereocenters. The van der Waals surface area contributed by atoms with E-state index in [0.717, 1.165) is 6.20 Å². The lowest BCUT2D eigenvalue weighted by Crippen LogP contribution is -2.04. The Morgan fingerprint density at radius 3 is 2.81 bits per heavy atom. The first-order chi connectivity index (χ1) is 10.0. The topological polar surface area (TPSA) is 96.4 Å². The molecule has 8 heteroatoms. The number of halogens is 1. The van der Waals surface area contributed by atoms with Gasteiger partial charge in [-0.1, -0.05) is 0 Å². The summed E-state index contributed by atoms with van der Waals surface area (Å²) >= 11 is 0. The van der Waals surface area contributed by atoms with Crippen LogP contribution < -0.4 is 15.4 Å². The quantitative estimate of drug-likeness (QED) is 0.776. The van der Waals surface area contributed by atoms with Crippen LogP contribution in [0.15, 0.2) is 24.4 Å². The van der Waals surface area contributed by atoms with E-state index in [-0.39, 0.29) is 17.3 Å². The molecule has 110 valence electrons. The first kappa shape index (κ1) is 14.5. The number of aromatic carboxylic acids is 1. The van der Waals surface area contributed by atoms with Gasteiger partial charge in [-0.05, 0) is 18.2 Å². The van der Waals surface area contributed by atoms with Crippen molar-refractivity contribution in [1.82, 2.24) is 9.97 Å². The van der Waals surface area contributed by atoms with Crippen molar-refractivity contribution in [1.29, 1.82) is 0 Å². The van der Waals surface area contributed by atoms with Crippen LogP contribution in [0.3, 0.4) is 0 Å². The van der Waals surface area contributed by atoms with Crippen LogP contribution in [0.1, 0.15) is 10.4 Å². The fraction of sp³-hybridized carbons (Fsp3) is 0.154. The molecule has 0 atom stereocenters. The third-order valence-corrected chi connectivity index (χ3v) is 2.68. The monoisotopic (exact) mass is 292 g/mol. The molecular weight excluding hydrogens is 279 g/mol. The minimum absolute atomic E-state index is 0.0497. The fourth-order valence-electron chi connectivity index (χ4n) is 1.65. The van der Waals surface area contributed by atoms with Gasteiger partial charge in [-0.15, -0.1) is 0 Å². The summed E-state index contributed by atoms with van der Waals surface area (Å²) in [5, 5.41) is 14.4. The lowest BCUT2D eigenvalue weighted by Gasteiger charge is -2.11. The molecule has 0 aliphatic rings. The summed E-state index contributed by atoms with van der Waals surface area (Å²) in [6, 6.07) is 4.30. The highest BCUT2D eigenvalue weighted by Gasteiger charge is 2.11. The van der Waals surface area contributed by atoms with Crippen molar-refractivity contribution in [3.05, 3.63) is 35.8 Å². The lowest BCUT2D eigenvalue weighted by atomic mass is 10.2. The Hall–Kier alpha value is -2.90. The predicted molar refractivity (Wildman–Crippen MR) is 74.8 cm³/mol. The molecule has 0 bridgehead atoms. The van der Waals surface area contributed by atoms with Crippen molar-refractivity contribution < 1.29 is 19.0 Å². The second kappa shape index (κ2) is 6.04. The van der Waals surface area contributed by atoms with Gasteiger partial charge >= 0.3 is 5.97 Å². The average Bonchev–Trinajstić information content (AvgIpc) is 2.49. The van der Waals surface area contributed by atoms with E-state index in [9.17, 15) is 9.18 Å². The summed E-state index contributed by atoms with van der Waals surface area (Å²) in [6.07, 6.45) is 1.03. The van der Waals surface area contributed by atoms with Crippen molar-refractivity contribution in [3.8, 4) is 5.75 Å². The van der Waals surface area contributed by atoms with Crippen molar-refractivity contribution in [2.45, 2.75) is 0 Å². The van der Waals surface area contributed by atoms with E-state index >= 15 is 0 Å². The molecule has 0 aliphatic heterocycles. The second-order valence-corrected chi connectivity index (χ2v) is 3.99. The van der Waals surface area contributed by atoms with E-state index in [1.807, 2.05) is 0 Å². The molecule has 2 rings (SSSR count). The maximum absolute atomic E-state index is 13.3. The normalized spacial score (nSPS) is 10.0. The SMILES string of the molecule is CNc1nc(Nc2ccc(C(=O)O)cc2OC)ncc1F. The average molecular weight is 292 g/mol. The number of carboxylic acid groups (broad SMARTS) is 1. The first-order valence-electron chi connectivity index (χ1n) is 5.93. The highest BCUT2D eigenvalue weighted by molar-refractivity contribution is 5.89. The molecule has 3 N–H and O–H groups in total. The molecule has 2 aromatic rings. The molecule has 0 amide bonds. The van der Waals surface area contributed by atoms with Gasteiger partial charge in [0, 0.05) is 7.05 Å². The number of carboxylic acids is 1. The Morgan fingerprint density at radius 1 is 1.43 bits per heavy atom. The van der Waals surface area contributed by atoms with Gasteiger partial charge in [0.25, 0.3) is 0 Å². The van der Waals surface area contributed by atoms with Gasteiger partial charge in [0.1, 0.15) is 5.75 Å². The molecule has 21 heavy (non-hydrogen) atoms. The zero-order valence-electron chi connectivity index (χ0n) is 11.3. The second-order valence-electron chi connectivity index (χ2n) is 3.99. The summed E-state index contributed by atoms with van der Waals surface area (Å²) in [7, 11) is 2.95. The first-order valence-corrected chi connectivity index (χ1v) is 5.93. The zero-order chi connectivity index (χ0) is 15.4. The van der Waals surface area contributed by atoms with E-state index in [2.05, 4.69) is 20.6 Å². The number of rotatable bonds is 5. The predicted octanol–water partition coefficient (Wildman–Crippen LogP) is 2.11. The Morgan fingerprint density at radius 2 is 2.19 bits per heavy atom. The van der Waals surface area contributed by atoms with E-state index in [1.165, 1.54) is 32.4 Å². The third kappa shape index (κ3) is 3.16. The maximum atomic E-state index is 13.3. The Labute approximate surface area is 119 Å². The smallest absolute Gasteiger partial charge is 0.335 e. The van der Waals surface area contributed by atoms with Crippen LogP contribution >= 0.6 is 0 Å². The summed E-state index contributed by atoms with van der Waals surface area (Å²) in [5.41, 5.74) is 0.560. The number of anilines is 3. The molecule has 1 aromatic heterocycles. The molecule has 7 nitrogen and oxygen atoms in total. The standard InChI is InChI=1S/C13H13FN4O3/c1-15-11-8(14)6-16-13(18-11)17-9-4-3-7(12(19)20)5-10(9)21-2/h3-6H,1-2H3,(H,19,20)(H2,15,16,17,18). The van der Waals surface area contributed by atoms with Crippen LogP contribution in [0.25, 0.3) is 0 Å². The van der Waals surface area contributed by atoms with Gasteiger partial charge in [-0.3, -0.25) is 0 Å². The van der Waals surface area contributed by atoms with Gasteiger partial charge < -0.3 is 20.5 Å². The summed E-state index contributed by atoms with van der Waals surface area (Å²) in [6.45, 7) is 0. The molecule has 0 radical (unpaired) electrons. The molecular formula is C13H13FN4O3. The molecule has 0 saturated heterocycles. The number of carbonyl (C=O) groups is 1. The molecule has 0 aliphatic carbocycles. The maximum Gasteiger partial charge on any atom is 0.335 e. The van der Waals surface area contributed by atoms with Gasteiger partial charge in [-0.25, -0.2) is 14.2 Å². The van der Waals surface area contributed by atoms with E-state index in [0.29, 0.717) is 11.4 Å². The number of hydrogen-bond donors (Lipinski definition) is 3. The van der Waals surface area contributed by atoms with Crippen molar-refractivity contribution in [2.75, 3.05) is 24.8 Å². The van der Waals surface area contributed by atoms with Crippen molar-refractivity contribution >= 4 is 23.4 Å². The third-order valence-electron chi connectivity index (χ3n) is 2.68. The van der Waals surface area contributed by atoms with Crippen LogP contribution in [0.4, 0.5) is 21.8 Å². The van der Waals surface area contributed by atoms with Crippen LogP contribution in [0.5, 0.6) is 5.75 Å². The number of benzene rings is 1. The Bertz CT molecular complexity index is 678. The van der Waals surface area contributed by atoms with E-state index < -0.39 is 11.8 Å². The number of aromatic nitrogens is 2. The Kier molecular flexibility index (Phi) is 4.17. The highest BCUT2D eigenvalue weighted by Crippen LogP contribution is 2.28. The van der Waals surface area contributed by atoms with Crippen LogP contribution in [0, 0.1) is 5.82 Å². The number of ether oxygens (including phenoxy) is 1. The minimum Gasteiger partial charge on any atom is -0.495 e. The molecule has 0 spiro atoms. The van der Waals surface area contributed by atoms with E-state index in [4.69, 9.17) is 9.84 Å². The number of nitrogens with one attached hydrogen (secondary N) is 2. The number of methoxy groups -OCH3 is 1. The molecule has 1 heterocycles. The van der Waals surface area contributed by atoms with Gasteiger partial charge in [0.2, 0.25) is 5.95 Å². The van der Waals surface area contributed by atoms with Crippen LogP contribution in [-0.2, 0) is 0 Å². The summed E-state index contributed by atoms with van der Waals surface area (Å²) in [5.74, 6) is -1.11. The zero-order valence-corrected chi connectivity index (χ0v) is 11.3. The molecule has 0 saturated carbocycles. The summed E-state index contributed by atoms with van der Waals surface area (Å²) < 4.78 is 18.4. The van der Waals surface area contributed by atoms with Gasteiger partial charge in [-0.2, -0.15) is 4.98 Å². The van der Waals surface area contributed by atoms with Gasteiger partial charge in [0.15, 0.2) is 11.6 Å². The number of hydrogen-bond acceptors (Lipinski definition) is 6. The molecule has 1 aromatic carbocycles. The number of nitrogens with zero attached hydrogens (tertiary/aromatic N) is 2.